The lowest BCUT2D eigenvalue weighted by molar-refractivity contribution is 0.411. The molecule has 1 fully saturated rings. The SMILES string of the molecule is Cc1ccc(C#Cc2nc(C)nc(N3C(C)CCCC3C)c2N)cc1. The quantitative estimate of drug-likeness (QED) is 0.805. The molecular weight excluding hydrogens is 308 g/mol. The first-order valence-electron chi connectivity index (χ1n) is 8.97. The Kier molecular flexibility index (Phi) is 4.94. The molecule has 1 saturated heterocycles. The number of aromatic nitrogens is 2. The normalized spacial score (nSPS) is 20.1. The van der Waals surface area contributed by atoms with E-state index in [1.54, 1.807) is 0 Å². The van der Waals surface area contributed by atoms with E-state index in [1.165, 1.54) is 12.0 Å². The molecule has 0 bridgehead atoms. The molecular formula is C21H26N4. The molecule has 1 aromatic heterocycles. The highest BCUT2D eigenvalue weighted by Crippen LogP contribution is 2.32. The van der Waals surface area contributed by atoms with Crippen molar-refractivity contribution in [1.29, 1.82) is 0 Å². The van der Waals surface area contributed by atoms with Crippen LogP contribution in [0, 0.1) is 25.7 Å². The number of nitrogen functional groups attached to an aromatic ring is 1. The summed E-state index contributed by atoms with van der Waals surface area (Å²) in [6.45, 7) is 8.45. The minimum atomic E-state index is 0.429. The molecule has 130 valence electrons. The first-order valence-corrected chi connectivity index (χ1v) is 8.97. The van der Waals surface area contributed by atoms with Gasteiger partial charge in [-0.25, -0.2) is 9.97 Å². The highest BCUT2D eigenvalue weighted by atomic mass is 15.3. The molecule has 0 aliphatic carbocycles. The van der Waals surface area contributed by atoms with Crippen LogP contribution in [-0.4, -0.2) is 22.1 Å². The van der Waals surface area contributed by atoms with Crippen molar-refractivity contribution in [3.8, 4) is 11.8 Å². The maximum atomic E-state index is 6.43. The van der Waals surface area contributed by atoms with Gasteiger partial charge in [0.05, 0.1) is 0 Å². The minimum absolute atomic E-state index is 0.429. The highest BCUT2D eigenvalue weighted by Gasteiger charge is 2.28. The number of hydrogen-bond acceptors (Lipinski definition) is 4. The van der Waals surface area contributed by atoms with Crippen LogP contribution in [0.4, 0.5) is 11.5 Å². The molecule has 1 aromatic carbocycles. The van der Waals surface area contributed by atoms with Gasteiger partial charge < -0.3 is 10.6 Å². The Balaban J connectivity index is 1.99. The van der Waals surface area contributed by atoms with Gasteiger partial charge in [0.15, 0.2) is 5.82 Å². The summed E-state index contributed by atoms with van der Waals surface area (Å²) in [7, 11) is 0. The van der Waals surface area contributed by atoms with Crippen LogP contribution in [0.1, 0.15) is 55.8 Å². The van der Waals surface area contributed by atoms with Crippen LogP contribution in [0.25, 0.3) is 0 Å². The zero-order valence-electron chi connectivity index (χ0n) is 15.5. The minimum Gasteiger partial charge on any atom is -0.393 e. The first kappa shape index (κ1) is 17.3. The Bertz CT molecular complexity index is 804. The van der Waals surface area contributed by atoms with Crippen LogP contribution in [0.15, 0.2) is 24.3 Å². The van der Waals surface area contributed by atoms with Crippen LogP contribution in [-0.2, 0) is 0 Å². The summed E-state index contributed by atoms with van der Waals surface area (Å²) in [6, 6.07) is 9.00. The maximum absolute atomic E-state index is 6.43. The molecule has 0 radical (unpaired) electrons. The molecule has 1 aliphatic heterocycles. The largest absolute Gasteiger partial charge is 0.393 e. The third-order valence-corrected chi connectivity index (χ3v) is 4.85. The molecule has 25 heavy (non-hydrogen) atoms. The summed E-state index contributed by atoms with van der Waals surface area (Å²) in [5, 5.41) is 0. The van der Waals surface area contributed by atoms with Crippen LogP contribution in [0.2, 0.25) is 0 Å². The lowest BCUT2D eigenvalue weighted by Crippen LogP contribution is -2.44. The van der Waals surface area contributed by atoms with Gasteiger partial charge in [0, 0.05) is 17.6 Å². The molecule has 4 heteroatoms. The van der Waals surface area contributed by atoms with Crippen molar-refractivity contribution in [3.63, 3.8) is 0 Å². The van der Waals surface area contributed by atoms with Gasteiger partial charge in [-0.1, -0.05) is 23.6 Å². The predicted molar refractivity (Wildman–Crippen MR) is 104 cm³/mol. The zero-order chi connectivity index (χ0) is 18.0. The summed E-state index contributed by atoms with van der Waals surface area (Å²) in [5.41, 5.74) is 9.82. The number of anilines is 2. The topological polar surface area (TPSA) is 55.0 Å². The molecule has 0 saturated carbocycles. The average Bonchev–Trinajstić information content (AvgIpc) is 2.57. The molecule has 4 nitrogen and oxygen atoms in total. The number of aryl methyl sites for hydroxylation is 2. The van der Waals surface area contributed by atoms with Crippen molar-refractivity contribution in [2.45, 2.75) is 59.0 Å². The van der Waals surface area contributed by atoms with E-state index in [9.17, 15) is 0 Å². The fourth-order valence-corrected chi connectivity index (χ4v) is 3.47. The van der Waals surface area contributed by atoms with E-state index in [0.29, 0.717) is 29.3 Å². The predicted octanol–water partition coefficient (Wildman–Crippen LogP) is 3.84. The maximum Gasteiger partial charge on any atom is 0.157 e. The number of hydrogen-bond donors (Lipinski definition) is 1. The number of nitrogens with two attached hydrogens (primary N) is 1. The van der Waals surface area contributed by atoms with Crippen LogP contribution < -0.4 is 10.6 Å². The Hall–Kier alpha value is -2.54. The molecule has 0 amide bonds. The van der Waals surface area contributed by atoms with E-state index in [4.69, 9.17) is 5.73 Å². The van der Waals surface area contributed by atoms with Gasteiger partial charge in [-0.3, -0.25) is 0 Å². The van der Waals surface area contributed by atoms with Gasteiger partial charge in [-0.05, 0) is 65.0 Å². The molecule has 2 aromatic rings. The summed E-state index contributed by atoms with van der Waals surface area (Å²) in [4.78, 5) is 11.5. The van der Waals surface area contributed by atoms with Gasteiger partial charge in [-0.15, -0.1) is 0 Å². The number of piperidine rings is 1. The van der Waals surface area contributed by atoms with Crippen molar-refractivity contribution in [3.05, 3.63) is 46.9 Å². The van der Waals surface area contributed by atoms with E-state index in [0.717, 1.165) is 24.2 Å². The number of rotatable bonds is 1. The van der Waals surface area contributed by atoms with Crippen molar-refractivity contribution < 1.29 is 0 Å². The molecule has 2 atom stereocenters. The second-order valence-electron chi connectivity index (χ2n) is 7.01. The fourth-order valence-electron chi connectivity index (χ4n) is 3.47. The summed E-state index contributed by atoms with van der Waals surface area (Å²) in [6.07, 6.45) is 3.58. The molecule has 2 unspecified atom stereocenters. The third-order valence-electron chi connectivity index (χ3n) is 4.85. The van der Waals surface area contributed by atoms with Gasteiger partial charge >= 0.3 is 0 Å². The first-order chi connectivity index (χ1) is 12.0. The van der Waals surface area contributed by atoms with E-state index in [2.05, 4.69) is 59.6 Å². The zero-order valence-corrected chi connectivity index (χ0v) is 15.5. The second-order valence-corrected chi connectivity index (χ2v) is 7.01. The van der Waals surface area contributed by atoms with Crippen molar-refractivity contribution in [2.24, 2.45) is 0 Å². The Morgan fingerprint density at radius 3 is 2.28 bits per heavy atom. The van der Waals surface area contributed by atoms with Crippen molar-refractivity contribution in [2.75, 3.05) is 10.6 Å². The summed E-state index contributed by atoms with van der Waals surface area (Å²) < 4.78 is 0. The monoisotopic (exact) mass is 334 g/mol. The third kappa shape index (κ3) is 3.76. The van der Waals surface area contributed by atoms with E-state index in [1.807, 2.05) is 19.1 Å². The van der Waals surface area contributed by atoms with Gasteiger partial charge in [-0.2, -0.15) is 0 Å². The lowest BCUT2D eigenvalue weighted by atomic mass is 9.97. The van der Waals surface area contributed by atoms with Crippen molar-refractivity contribution >= 4 is 11.5 Å². The molecule has 2 heterocycles. The van der Waals surface area contributed by atoms with E-state index >= 15 is 0 Å². The van der Waals surface area contributed by atoms with Gasteiger partial charge in [0.2, 0.25) is 0 Å². The Morgan fingerprint density at radius 2 is 1.64 bits per heavy atom. The average molecular weight is 334 g/mol. The van der Waals surface area contributed by atoms with E-state index in [-0.39, 0.29) is 0 Å². The standard InChI is InChI=1S/C21H26N4/c1-14-8-10-18(11-9-14)12-13-19-20(22)21(24-17(4)23-19)25-15(2)6-5-7-16(25)3/h8-11,15-16H,5-7,22H2,1-4H3. The van der Waals surface area contributed by atoms with Crippen molar-refractivity contribution in [1.82, 2.24) is 9.97 Å². The van der Waals surface area contributed by atoms with Crippen LogP contribution in [0.3, 0.4) is 0 Å². The smallest absolute Gasteiger partial charge is 0.157 e. The molecule has 0 spiro atoms. The molecule has 2 N–H and O–H groups in total. The highest BCUT2D eigenvalue weighted by molar-refractivity contribution is 5.70. The van der Waals surface area contributed by atoms with Gasteiger partial charge in [0.1, 0.15) is 17.2 Å². The summed E-state index contributed by atoms with van der Waals surface area (Å²) in [5.74, 6) is 7.86. The molecule has 1 aliphatic rings. The fraction of sp³-hybridized carbons (Fsp3) is 0.429. The van der Waals surface area contributed by atoms with E-state index < -0.39 is 0 Å². The van der Waals surface area contributed by atoms with Crippen LogP contribution >= 0.6 is 0 Å². The molecule has 3 rings (SSSR count). The number of nitrogens with zero attached hydrogens (tertiary/aromatic N) is 3. The van der Waals surface area contributed by atoms with Crippen LogP contribution in [0.5, 0.6) is 0 Å². The lowest BCUT2D eigenvalue weighted by Gasteiger charge is -2.40. The Labute approximate surface area is 150 Å². The summed E-state index contributed by atoms with van der Waals surface area (Å²) >= 11 is 0. The van der Waals surface area contributed by atoms with Gasteiger partial charge in [0.25, 0.3) is 0 Å². The second kappa shape index (κ2) is 7.14. The number of benzene rings is 1. The Morgan fingerprint density at radius 1 is 1.00 bits per heavy atom.